The van der Waals surface area contributed by atoms with Crippen LogP contribution < -0.4 is 0 Å². The first-order valence-electron chi connectivity index (χ1n) is 3.49. The van der Waals surface area contributed by atoms with Gasteiger partial charge in [-0.1, -0.05) is 11.6 Å². The van der Waals surface area contributed by atoms with E-state index >= 15 is 0 Å². The minimum atomic E-state index is -2.24. The van der Waals surface area contributed by atoms with E-state index in [0.717, 1.165) is 6.07 Å². The second-order valence-corrected chi connectivity index (χ2v) is 3.92. The van der Waals surface area contributed by atoms with Gasteiger partial charge in [-0.3, -0.25) is 10.1 Å². The predicted molar refractivity (Wildman–Crippen MR) is 51.9 cm³/mol. The van der Waals surface area contributed by atoms with Gasteiger partial charge < -0.3 is 4.55 Å². The third-order valence-electron chi connectivity index (χ3n) is 1.63. The fraction of sp³-hybridized carbons (Fsp3) is 0.143. The molecule has 1 rings (SSSR count). The van der Waals surface area contributed by atoms with Crippen LogP contribution in [0.2, 0.25) is 5.02 Å². The number of hydrogen-bond donors (Lipinski definition) is 1. The summed E-state index contributed by atoms with van der Waals surface area (Å²) >= 11 is 3.34. The van der Waals surface area contributed by atoms with Gasteiger partial charge in [-0.05, 0) is 18.6 Å². The van der Waals surface area contributed by atoms with Gasteiger partial charge in [0.15, 0.2) is 11.1 Å². The Balaban J connectivity index is 3.42. The van der Waals surface area contributed by atoms with Gasteiger partial charge in [-0.25, -0.2) is 4.21 Å². The molecule has 0 aliphatic heterocycles. The maximum Gasteiger partial charge on any atom is 0.289 e. The number of nitro benzene ring substituents is 1. The Bertz CT molecular complexity index is 385. The van der Waals surface area contributed by atoms with Gasteiger partial charge in [0.25, 0.3) is 5.69 Å². The lowest BCUT2D eigenvalue weighted by Crippen LogP contribution is -1.96. The van der Waals surface area contributed by atoms with E-state index < -0.39 is 16.0 Å². The number of hydrogen-bond acceptors (Lipinski definition) is 3. The molecule has 0 amide bonds. The average molecular weight is 236 g/mol. The Morgan fingerprint density at radius 1 is 1.57 bits per heavy atom. The number of rotatable bonds is 2. The van der Waals surface area contributed by atoms with Gasteiger partial charge in [0, 0.05) is 6.07 Å². The Kier molecular flexibility index (Phi) is 3.20. The first kappa shape index (κ1) is 11.1. The molecule has 0 spiro atoms. The van der Waals surface area contributed by atoms with E-state index in [1.54, 1.807) is 6.92 Å². The van der Waals surface area contributed by atoms with Crippen molar-refractivity contribution in [3.63, 3.8) is 0 Å². The summed E-state index contributed by atoms with van der Waals surface area (Å²) < 4.78 is 19.6. The summed E-state index contributed by atoms with van der Waals surface area (Å²) in [5, 5.41) is 10.4. The Labute approximate surface area is 87.1 Å². The molecule has 5 nitrogen and oxygen atoms in total. The molecule has 0 aliphatic carbocycles. The highest BCUT2D eigenvalue weighted by atomic mass is 35.5. The first-order valence-corrected chi connectivity index (χ1v) is 4.97. The third-order valence-corrected chi connectivity index (χ3v) is 2.75. The van der Waals surface area contributed by atoms with Gasteiger partial charge in [-0.15, -0.1) is 0 Å². The van der Waals surface area contributed by atoms with Crippen molar-refractivity contribution in [2.45, 2.75) is 11.8 Å². The van der Waals surface area contributed by atoms with Crippen molar-refractivity contribution in [1.29, 1.82) is 0 Å². The molecule has 1 atom stereocenters. The van der Waals surface area contributed by atoms with Crippen LogP contribution in [0.15, 0.2) is 17.0 Å². The molecule has 0 fully saturated rings. The Hall–Kier alpha value is -0.980. The van der Waals surface area contributed by atoms with E-state index in [0.29, 0.717) is 5.56 Å². The van der Waals surface area contributed by atoms with E-state index in [4.69, 9.17) is 16.2 Å². The molecule has 0 radical (unpaired) electrons. The smallest absolute Gasteiger partial charge is 0.289 e. The zero-order valence-corrected chi connectivity index (χ0v) is 8.63. The molecule has 0 aliphatic rings. The predicted octanol–water partition coefficient (Wildman–Crippen LogP) is 2.14. The molecule has 1 N–H and O–H groups in total. The molecule has 7 heteroatoms. The Morgan fingerprint density at radius 2 is 2.14 bits per heavy atom. The van der Waals surface area contributed by atoms with Crippen molar-refractivity contribution < 1.29 is 13.7 Å². The SMILES string of the molecule is Cc1cc(Cl)c([N+](=O)[O-])cc1S(=O)O. The number of nitro groups is 1. The van der Waals surface area contributed by atoms with Crippen LogP contribution in [0, 0.1) is 17.0 Å². The number of aryl methyl sites for hydroxylation is 1. The molecular formula is C7H6ClNO4S. The van der Waals surface area contributed by atoms with E-state index in [1.165, 1.54) is 6.07 Å². The summed E-state index contributed by atoms with van der Waals surface area (Å²) in [7, 11) is 0. The summed E-state index contributed by atoms with van der Waals surface area (Å²) in [5.41, 5.74) is 0.0797. The van der Waals surface area contributed by atoms with E-state index in [2.05, 4.69) is 0 Å². The van der Waals surface area contributed by atoms with Gasteiger partial charge in [-0.2, -0.15) is 0 Å². The molecule has 1 aromatic rings. The fourth-order valence-corrected chi connectivity index (χ4v) is 1.80. The van der Waals surface area contributed by atoms with Crippen molar-refractivity contribution in [2.75, 3.05) is 0 Å². The lowest BCUT2D eigenvalue weighted by molar-refractivity contribution is -0.384. The molecule has 1 aromatic carbocycles. The lowest BCUT2D eigenvalue weighted by Gasteiger charge is -2.02. The molecule has 0 aromatic heterocycles. The topological polar surface area (TPSA) is 80.4 Å². The zero-order chi connectivity index (χ0) is 10.9. The van der Waals surface area contributed by atoms with Gasteiger partial charge in [0.1, 0.15) is 5.02 Å². The summed E-state index contributed by atoms with van der Waals surface area (Å²) in [5.74, 6) is 0. The van der Waals surface area contributed by atoms with Crippen LogP contribution in [-0.4, -0.2) is 13.7 Å². The summed E-state index contributed by atoms with van der Waals surface area (Å²) in [6, 6.07) is 2.30. The van der Waals surface area contributed by atoms with E-state index in [9.17, 15) is 14.3 Å². The summed E-state index contributed by atoms with van der Waals surface area (Å²) in [6.07, 6.45) is 0. The van der Waals surface area contributed by atoms with Crippen molar-refractivity contribution in [3.05, 3.63) is 32.8 Å². The fourth-order valence-electron chi connectivity index (χ4n) is 0.970. The maximum absolute atomic E-state index is 10.8. The standard InChI is InChI=1S/C7H6ClNO4S/c1-4-2-5(8)6(9(10)11)3-7(4)14(12)13/h2-3H,1H3,(H,12,13). The molecule has 0 saturated heterocycles. The van der Waals surface area contributed by atoms with Crippen LogP contribution in [0.4, 0.5) is 5.69 Å². The van der Waals surface area contributed by atoms with Crippen molar-refractivity contribution in [1.82, 2.24) is 0 Å². The molecule has 14 heavy (non-hydrogen) atoms. The quantitative estimate of drug-likeness (QED) is 0.484. The second kappa shape index (κ2) is 4.04. The summed E-state index contributed by atoms with van der Waals surface area (Å²) in [4.78, 5) is 9.75. The first-order chi connectivity index (χ1) is 6.43. The number of halogens is 1. The van der Waals surface area contributed by atoms with E-state index in [-0.39, 0.29) is 15.6 Å². The summed E-state index contributed by atoms with van der Waals surface area (Å²) in [6.45, 7) is 1.55. The molecule has 0 saturated carbocycles. The van der Waals surface area contributed by atoms with Crippen LogP contribution in [0.3, 0.4) is 0 Å². The molecule has 1 unspecified atom stereocenters. The van der Waals surface area contributed by atoms with Crippen molar-refractivity contribution in [3.8, 4) is 0 Å². The largest absolute Gasteiger partial charge is 0.302 e. The van der Waals surface area contributed by atoms with Gasteiger partial charge >= 0.3 is 0 Å². The van der Waals surface area contributed by atoms with Crippen LogP contribution in [0.5, 0.6) is 0 Å². The number of nitrogens with zero attached hydrogens (tertiary/aromatic N) is 1. The molecule has 0 heterocycles. The molecule has 76 valence electrons. The van der Waals surface area contributed by atoms with Gasteiger partial charge in [0.05, 0.1) is 9.82 Å². The van der Waals surface area contributed by atoms with Crippen LogP contribution in [0.25, 0.3) is 0 Å². The molecular weight excluding hydrogens is 230 g/mol. The highest BCUT2D eigenvalue weighted by molar-refractivity contribution is 7.79. The molecule has 0 bridgehead atoms. The van der Waals surface area contributed by atoms with Crippen molar-refractivity contribution >= 4 is 28.4 Å². The number of benzene rings is 1. The highest BCUT2D eigenvalue weighted by Gasteiger charge is 2.17. The lowest BCUT2D eigenvalue weighted by atomic mass is 10.2. The Morgan fingerprint density at radius 3 is 2.57 bits per heavy atom. The highest BCUT2D eigenvalue weighted by Crippen LogP contribution is 2.28. The van der Waals surface area contributed by atoms with Crippen LogP contribution in [0.1, 0.15) is 5.56 Å². The van der Waals surface area contributed by atoms with Gasteiger partial charge in [0.2, 0.25) is 0 Å². The van der Waals surface area contributed by atoms with Crippen LogP contribution >= 0.6 is 11.6 Å². The van der Waals surface area contributed by atoms with E-state index in [1.807, 2.05) is 0 Å². The second-order valence-electron chi connectivity index (χ2n) is 2.58. The monoisotopic (exact) mass is 235 g/mol. The normalized spacial score (nSPS) is 12.5. The van der Waals surface area contributed by atoms with Crippen molar-refractivity contribution in [2.24, 2.45) is 0 Å². The van der Waals surface area contributed by atoms with Crippen LogP contribution in [-0.2, 0) is 11.1 Å². The maximum atomic E-state index is 10.8. The minimum absolute atomic E-state index is 0.00102. The average Bonchev–Trinajstić information content (AvgIpc) is 2.02. The zero-order valence-electron chi connectivity index (χ0n) is 7.06. The minimum Gasteiger partial charge on any atom is -0.302 e. The third kappa shape index (κ3) is 2.09.